The fraction of sp³-hybridized carbons (Fsp3) is 0.900. The molecular weight excluding hydrogens is 180 g/mol. The summed E-state index contributed by atoms with van der Waals surface area (Å²) in [6.07, 6.45) is 0. The number of nitrogens with zero attached hydrogens (tertiary/aromatic N) is 1. The Hall–Kier alpha value is -0.610. The van der Waals surface area contributed by atoms with Gasteiger partial charge in [0, 0.05) is 19.6 Å². The van der Waals surface area contributed by atoms with Gasteiger partial charge in [-0.05, 0) is 13.5 Å². The normalized spacial score (nSPS) is 26.5. The van der Waals surface area contributed by atoms with Crippen molar-refractivity contribution in [2.75, 3.05) is 33.4 Å². The number of amides is 1. The van der Waals surface area contributed by atoms with Crippen LogP contribution >= 0.6 is 0 Å². The molecule has 1 N–H and O–H groups in total. The lowest BCUT2D eigenvalue weighted by atomic mass is 10.0. The fourth-order valence-corrected chi connectivity index (χ4v) is 1.70. The highest BCUT2D eigenvalue weighted by Crippen LogP contribution is 2.15. The number of nitrogens with one attached hydrogen (secondary N) is 1. The van der Waals surface area contributed by atoms with Crippen molar-refractivity contribution >= 4 is 5.91 Å². The smallest absolute Gasteiger partial charge is 0.229 e. The molecule has 1 fully saturated rings. The largest absolute Gasteiger partial charge is 0.379 e. The molecule has 2 atom stereocenters. The number of hydrogen-bond acceptors (Lipinski definition) is 3. The predicted molar refractivity (Wildman–Crippen MR) is 55.1 cm³/mol. The van der Waals surface area contributed by atoms with E-state index in [0.29, 0.717) is 13.2 Å². The number of carbonyl (C=O) groups is 1. The first-order chi connectivity index (χ1) is 6.70. The lowest BCUT2D eigenvalue weighted by Gasteiger charge is -2.23. The highest BCUT2D eigenvalue weighted by Gasteiger charge is 2.34. The Balaban J connectivity index is 2.53. The van der Waals surface area contributed by atoms with Gasteiger partial charge in [-0.2, -0.15) is 0 Å². The van der Waals surface area contributed by atoms with Crippen LogP contribution in [-0.4, -0.2) is 50.2 Å². The van der Waals surface area contributed by atoms with Gasteiger partial charge in [-0.25, -0.2) is 0 Å². The maximum Gasteiger partial charge on any atom is 0.229 e. The van der Waals surface area contributed by atoms with E-state index in [2.05, 4.69) is 5.32 Å². The third kappa shape index (κ3) is 2.45. The maximum absolute atomic E-state index is 11.9. The Bertz CT molecular complexity index is 197. The molecule has 1 saturated heterocycles. The molecule has 1 aliphatic heterocycles. The summed E-state index contributed by atoms with van der Waals surface area (Å²) in [4.78, 5) is 13.6. The first kappa shape index (κ1) is 11.5. The molecule has 4 nitrogen and oxygen atoms in total. The van der Waals surface area contributed by atoms with Gasteiger partial charge in [0.1, 0.15) is 0 Å². The van der Waals surface area contributed by atoms with Crippen molar-refractivity contribution in [3.63, 3.8) is 0 Å². The lowest BCUT2D eigenvalue weighted by Crippen LogP contribution is -2.44. The summed E-state index contributed by atoms with van der Waals surface area (Å²) in [5.41, 5.74) is 0. The Kier molecular flexibility index (Phi) is 4.35. The van der Waals surface area contributed by atoms with E-state index in [1.54, 1.807) is 4.90 Å². The van der Waals surface area contributed by atoms with Gasteiger partial charge >= 0.3 is 0 Å². The second-order valence-electron chi connectivity index (χ2n) is 3.66. The number of hydrogen-bond donors (Lipinski definition) is 1. The van der Waals surface area contributed by atoms with E-state index >= 15 is 0 Å². The molecule has 0 radical (unpaired) electrons. The average Bonchev–Trinajstić information content (AvgIpc) is 2.64. The van der Waals surface area contributed by atoms with Gasteiger partial charge in [0.25, 0.3) is 0 Å². The molecule has 0 aromatic heterocycles. The quantitative estimate of drug-likeness (QED) is 0.699. The van der Waals surface area contributed by atoms with E-state index in [0.717, 1.165) is 13.1 Å². The van der Waals surface area contributed by atoms with E-state index in [1.165, 1.54) is 0 Å². The highest BCUT2D eigenvalue weighted by molar-refractivity contribution is 5.79. The number of likely N-dealkylation sites (N-methyl/N-ethyl adjacent to an activating group) is 1. The van der Waals surface area contributed by atoms with Crippen LogP contribution in [-0.2, 0) is 9.53 Å². The summed E-state index contributed by atoms with van der Waals surface area (Å²) in [6.45, 7) is 6.88. The fourth-order valence-electron chi connectivity index (χ4n) is 1.70. The van der Waals surface area contributed by atoms with Gasteiger partial charge in [-0.3, -0.25) is 4.79 Å². The second-order valence-corrected chi connectivity index (χ2v) is 3.66. The van der Waals surface area contributed by atoms with Crippen LogP contribution in [0.1, 0.15) is 13.8 Å². The number of carbonyl (C=O) groups excluding carboxylic acids is 1. The first-order valence-corrected chi connectivity index (χ1v) is 5.26. The van der Waals surface area contributed by atoms with Crippen LogP contribution in [0.3, 0.4) is 0 Å². The molecule has 2 unspecified atom stereocenters. The summed E-state index contributed by atoms with van der Waals surface area (Å²) in [6, 6.07) is 0.196. The minimum Gasteiger partial charge on any atom is -0.379 e. The summed E-state index contributed by atoms with van der Waals surface area (Å²) in [7, 11) is 1.84. The van der Waals surface area contributed by atoms with E-state index in [1.807, 2.05) is 20.9 Å². The Morgan fingerprint density at radius 1 is 1.50 bits per heavy atom. The van der Waals surface area contributed by atoms with Crippen molar-refractivity contribution in [3.05, 3.63) is 0 Å². The van der Waals surface area contributed by atoms with Crippen LogP contribution in [0.5, 0.6) is 0 Å². The monoisotopic (exact) mass is 200 g/mol. The van der Waals surface area contributed by atoms with E-state index in [9.17, 15) is 4.79 Å². The Labute approximate surface area is 85.6 Å². The predicted octanol–water partition coefficient (Wildman–Crippen LogP) is 0.0892. The van der Waals surface area contributed by atoms with Crippen molar-refractivity contribution in [2.24, 2.45) is 5.92 Å². The molecule has 0 spiro atoms. The minimum atomic E-state index is -0.0000926. The van der Waals surface area contributed by atoms with Crippen molar-refractivity contribution in [1.82, 2.24) is 10.2 Å². The van der Waals surface area contributed by atoms with Crippen molar-refractivity contribution in [1.29, 1.82) is 0 Å². The van der Waals surface area contributed by atoms with Gasteiger partial charge in [-0.15, -0.1) is 0 Å². The third-order valence-corrected chi connectivity index (χ3v) is 2.71. The second kappa shape index (κ2) is 5.32. The number of ether oxygens (including phenoxy) is 1. The molecule has 0 aromatic carbocycles. The zero-order valence-corrected chi connectivity index (χ0v) is 9.25. The topological polar surface area (TPSA) is 41.6 Å². The molecular formula is C10H20N2O2. The van der Waals surface area contributed by atoms with E-state index < -0.39 is 0 Å². The van der Waals surface area contributed by atoms with Gasteiger partial charge in [-0.1, -0.05) is 6.92 Å². The van der Waals surface area contributed by atoms with Gasteiger partial charge in [0.15, 0.2) is 0 Å². The molecule has 0 aliphatic carbocycles. The summed E-state index contributed by atoms with van der Waals surface area (Å²) < 4.78 is 5.33. The third-order valence-electron chi connectivity index (χ3n) is 2.71. The van der Waals surface area contributed by atoms with Crippen LogP contribution in [0.25, 0.3) is 0 Å². The summed E-state index contributed by atoms with van der Waals surface area (Å²) in [5, 5.41) is 3.28. The van der Waals surface area contributed by atoms with Crippen molar-refractivity contribution in [2.45, 2.75) is 19.9 Å². The van der Waals surface area contributed by atoms with Gasteiger partial charge < -0.3 is 15.0 Å². The molecule has 1 amide bonds. The highest BCUT2D eigenvalue weighted by atomic mass is 16.5. The van der Waals surface area contributed by atoms with Crippen molar-refractivity contribution < 1.29 is 9.53 Å². The number of rotatable bonds is 4. The molecule has 14 heavy (non-hydrogen) atoms. The Morgan fingerprint density at radius 3 is 2.79 bits per heavy atom. The van der Waals surface area contributed by atoms with Gasteiger partial charge in [0.2, 0.25) is 5.91 Å². The van der Waals surface area contributed by atoms with Crippen LogP contribution in [0.15, 0.2) is 0 Å². The van der Waals surface area contributed by atoms with E-state index in [-0.39, 0.29) is 17.9 Å². The SMILES string of the molecule is CCNC1COCC1C(=O)N(C)CC. The maximum atomic E-state index is 11.9. The molecule has 82 valence electrons. The standard InChI is InChI=1S/C10H20N2O2/c1-4-11-9-7-14-6-8(9)10(13)12(3)5-2/h8-9,11H,4-7H2,1-3H3. The summed E-state index contributed by atoms with van der Waals surface area (Å²) >= 11 is 0. The lowest BCUT2D eigenvalue weighted by molar-refractivity contribution is -0.134. The van der Waals surface area contributed by atoms with Crippen LogP contribution in [0.4, 0.5) is 0 Å². The zero-order chi connectivity index (χ0) is 10.6. The van der Waals surface area contributed by atoms with Crippen LogP contribution in [0.2, 0.25) is 0 Å². The summed E-state index contributed by atoms with van der Waals surface area (Å²) in [5.74, 6) is 0.191. The molecule has 1 aliphatic rings. The minimum absolute atomic E-state index is 0.0000926. The Morgan fingerprint density at radius 2 is 2.21 bits per heavy atom. The zero-order valence-electron chi connectivity index (χ0n) is 9.25. The first-order valence-electron chi connectivity index (χ1n) is 5.26. The van der Waals surface area contributed by atoms with Crippen LogP contribution < -0.4 is 5.32 Å². The van der Waals surface area contributed by atoms with Crippen LogP contribution in [0, 0.1) is 5.92 Å². The van der Waals surface area contributed by atoms with Crippen molar-refractivity contribution in [3.8, 4) is 0 Å². The molecule has 1 rings (SSSR count). The molecule has 1 heterocycles. The molecule has 0 saturated carbocycles. The molecule has 0 aromatic rings. The van der Waals surface area contributed by atoms with Gasteiger partial charge in [0.05, 0.1) is 19.1 Å². The molecule has 0 bridgehead atoms. The average molecular weight is 200 g/mol. The van der Waals surface area contributed by atoms with E-state index in [4.69, 9.17) is 4.74 Å². The molecule has 4 heteroatoms.